The molecule has 0 bridgehead atoms. The third kappa shape index (κ3) is 7.24. The summed E-state index contributed by atoms with van der Waals surface area (Å²) in [7, 11) is 0. The molecule has 0 radical (unpaired) electrons. The standard InChI is InChI=1S/C15H22N2O2/c1-12(17-14(18)19-15(2,3)4)8-7-10-13-9-5-6-11-16-13/h5-7,9-12H,8H2,1-4H3,(H,17,18)/b10-7+/t12-/m0/s1. The molecule has 0 aliphatic heterocycles. The average Bonchev–Trinajstić information content (AvgIpc) is 2.27. The van der Waals surface area contributed by atoms with E-state index in [0.717, 1.165) is 12.1 Å². The van der Waals surface area contributed by atoms with Crippen LogP contribution in [-0.4, -0.2) is 22.7 Å². The molecule has 0 aliphatic carbocycles. The second kappa shape index (κ2) is 6.92. The number of carbonyl (C=O) groups excluding carboxylic acids is 1. The highest BCUT2D eigenvalue weighted by Crippen LogP contribution is 2.07. The highest BCUT2D eigenvalue weighted by atomic mass is 16.6. The van der Waals surface area contributed by atoms with Crippen molar-refractivity contribution >= 4 is 12.2 Å². The zero-order valence-corrected chi connectivity index (χ0v) is 12.0. The third-order valence-corrected chi connectivity index (χ3v) is 2.23. The molecule has 104 valence electrons. The summed E-state index contributed by atoms with van der Waals surface area (Å²) in [6.07, 6.45) is 6.03. The van der Waals surface area contributed by atoms with Gasteiger partial charge in [0.25, 0.3) is 0 Å². The molecule has 1 amide bonds. The van der Waals surface area contributed by atoms with Gasteiger partial charge in [0.15, 0.2) is 0 Å². The Morgan fingerprint density at radius 2 is 2.21 bits per heavy atom. The lowest BCUT2D eigenvalue weighted by atomic mass is 10.2. The molecule has 0 aromatic carbocycles. The quantitative estimate of drug-likeness (QED) is 0.904. The molecule has 1 rings (SSSR count). The van der Waals surface area contributed by atoms with Crippen LogP contribution in [0.1, 0.15) is 39.8 Å². The number of hydrogen-bond donors (Lipinski definition) is 1. The van der Waals surface area contributed by atoms with E-state index in [9.17, 15) is 4.79 Å². The monoisotopic (exact) mass is 262 g/mol. The minimum absolute atomic E-state index is 0.0230. The van der Waals surface area contributed by atoms with Crippen molar-refractivity contribution in [3.05, 3.63) is 36.2 Å². The van der Waals surface area contributed by atoms with Crippen LogP contribution in [0.4, 0.5) is 4.79 Å². The first-order valence-electron chi connectivity index (χ1n) is 6.44. The van der Waals surface area contributed by atoms with Crippen LogP contribution in [0.25, 0.3) is 6.08 Å². The molecule has 0 saturated carbocycles. The first kappa shape index (κ1) is 15.2. The topological polar surface area (TPSA) is 51.2 Å². The molecule has 0 spiro atoms. The summed E-state index contributed by atoms with van der Waals surface area (Å²) in [4.78, 5) is 15.7. The predicted molar refractivity (Wildman–Crippen MR) is 76.7 cm³/mol. The zero-order valence-electron chi connectivity index (χ0n) is 12.0. The second-order valence-electron chi connectivity index (χ2n) is 5.44. The molecule has 4 heteroatoms. The first-order valence-corrected chi connectivity index (χ1v) is 6.44. The smallest absolute Gasteiger partial charge is 0.407 e. The summed E-state index contributed by atoms with van der Waals surface area (Å²) in [5, 5.41) is 2.79. The Bertz CT molecular complexity index is 422. The fourth-order valence-corrected chi connectivity index (χ4v) is 1.44. The largest absolute Gasteiger partial charge is 0.444 e. The van der Waals surface area contributed by atoms with E-state index in [-0.39, 0.29) is 12.1 Å². The van der Waals surface area contributed by atoms with Crippen molar-refractivity contribution in [2.75, 3.05) is 0 Å². The van der Waals surface area contributed by atoms with Crippen molar-refractivity contribution in [2.45, 2.75) is 45.8 Å². The summed E-state index contributed by atoms with van der Waals surface area (Å²) in [6.45, 7) is 7.47. The maximum absolute atomic E-state index is 11.5. The number of rotatable bonds is 4. The van der Waals surface area contributed by atoms with Crippen molar-refractivity contribution in [3.8, 4) is 0 Å². The summed E-state index contributed by atoms with van der Waals surface area (Å²) < 4.78 is 5.19. The molecule has 4 nitrogen and oxygen atoms in total. The minimum atomic E-state index is -0.465. The number of pyridine rings is 1. The number of alkyl carbamates (subject to hydrolysis) is 1. The fourth-order valence-electron chi connectivity index (χ4n) is 1.44. The van der Waals surface area contributed by atoms with Gasteiger partial charge in [-0.05, 0) is 52.3 Å². The van der Waals surface area contributed by atoms with E-state index in [4.69, 9.17) is 4.74 Å². The molecule has 0 fully saturated rings. The van der Waals surface area contributed by atoms with E-state index in [0.29, 0.717) is 0 Å². The Hall–Kier alpha value is -1.84. The predicted octanol–water partition coefficient (Wildman–Crippen LogP) is 3.40. The minimum Gasteiger partial charge on any atom is -0.444 e. The molecule has 1 heterocycles. The molecule has 1 aromatic heterocycles. The second-order valence-corrected chi connectivity index (χ2v) is 5.44. The lowest BCUT2D eigenvalue weighted by molar-refractivity contribution is 0.0509. The first-order chi connectivity index (χ1) is 8.87. The Balaban J connectivity index is 2.34. The van der Waals surface area contributed by atoms with E-state index in [1.54, 1.807) is 6.20 Å². The molecule has 0 aliphatic rings. The van der Waals surface area contributed by atoms with Gasteiger partial charge in [0, 0.05) is 12.2 Å². The number of amides is 1. The van der Waals surface area contributed by atoms with E-state index < -0.39 is 5.60 Å². The number of aromatic nitrogens is 1. The van der Waals surface area contributed by atoms with Gasteiger partial charge in [-0.1, -0.05) is 12.1 Å². The maximum Gasteiger partial charge on any atom is 0.407 e. The highest BCUT2D eigenvalue weighted by molar-refractivity contribution is 5.68. The van der Waals surface area contributed by atoms with Crippen molar-refractivity contribution in [3.63, 3.8) is 0 Å². The van der Waals surface area contributed by atoms with E-state index in [1.165, 1.54) is 0 Å². The van der Waals surface area contributed by atoms with Gasteiger partial charge in [0.1, 0.15) is 5.60 Å². The Morgan fingerprint density at radius 1 is 1.47 bits per heavy atom. The van der Waals surface area contributed by atoms with Crippen molar-refractivity contribution in [1.82, 2.24) is 10.3 Å². The van der Waals surface area contributed by atoms with Crippen LogP contribution in [-0.2, 0) is 4.74 Å². The fraction of sp³-hybridized carbons (Fsp3) is 0.467. The van der Waals surface area contributed by atoms with Crippen LogP contribution in [0.3, 0.4) is 0 Å². The van der Waals surface area contributed by atoms with Gasteiger partial charge >= 0.3 is 6.09 Å². The van der Waals surface area contributed by atoms with Gasteiger partial charge < -0.3 is 10.1 Å². The van der Waals surface area contributed by atoms with Crippen LogP contribution >= 0.6 is 0 Å². The van der Waals surface area contributed by atoms with Crippen molar-refractivity contribution < 1.29 is 9.53 Å². The number of hydrogen-bond acceptors (Lipinski definition) is 3. The molecule has 1 aromatic rings. The summed E-state index contributed by atoms with van der Waals surface area (Å²) in [5.41, 5.74) is 0.445. The van der Waals surface area contributed by atoms with Crippen molar-refractivity contribution in [2.24, 2.45) is 0 Å². The van der Waals surface area contributed by atoms with Crippen LogP contribution in [0.15, 0.2) is 30.5 Å². The van der Waals surface area contributed by atoms with Gasteiger partial charge in [-0.2, -0.15) is 0 Å². The lowest BCUT2D eigenvalue weighted by Crippen LogP contribution is -2.37. The maximum atomic E-state index is 11.5. The average molecular weight is 262 g/mol. The molecular formula is C15H22N2O2. The summed E-state index contributed by atoms with van der Waals surface area (Å²) >= 11 is 0. The van der Waals surface area contributed by atoms with Crippen LogP contribution < -0.4 is 5.32 Å². The van der Waals surface area contributed by atoms with Gasteiger partial charge in [0.05, 0.1) is 5.69 Å². The third-order valence-electron chi connectivity index (χ3n) is 2.23. The molecular weight excluding hydrogens is 240 g/mol. The van der Waals surface area contributed by atoms with Crippen LogP contribution in [0.5, 0.6) is 0 Å². The molecule has 0 saturated heterocycles. The molecule has 1 N–H and O–H groups in total. The Labute approximate surface area is 114 Å². The Morgan fingerprint density at radius 3 is 2.79 bits per heavy atom. The number of nitrogens with one attached hydrogen (secondary N) is 1. The molecule has 19 heavy (non-hydrogen) atoms. The highest BCUT2D eigenvalue weighted by Gasteiger charge is 2.16. The normalized spacial score (nSPS) is 13.3. The summed E-state index contributed by atoms with van der Waals surface area (Å²) in [6, 6.07) is 5.77. The van der Waals surface area contributed by atoms with E-state index in [2.05, 4.69) is 10.3 Å². The Kier molecular flexibility index (Phi) is 5.55. The van der Waals surface area contributed by atoms with Gasteiger partial charge in [-0.15, -0.1) is 0 Å². The summed E-state index contributed by atoms with van der Waals surface area (Å²) in [5.74, 6) is 0. The number of nitrogens with zero attached hydrogens (tertiary/aromatic N) is 1. The van der Waals surface area contributed by atoms with E-state index >= 15 is 0 Å². The van der Waals surface area contributed by atoms with Crippen LogP contribution in [0.2, 0.25) is 0 Å². The van der Waals surface area contributed by atoms with Gasteiger partial charge in [-0.25, -0.2) is 4.79 Å². The van der Waals surface area contributed by atoms with Gasteiger partial charge in [0.2, 0.25) is 0 Å². The van der Waals surface area contributed by atoms with Crippen LogP contribution in [0, 0.1) is 0 Å². The lowest BCUT2D eigenvalue weighted by Gasteiger charge is -2.21. The van der Waals surface area contributed by atoms with E-state index in [1.807, 2.05) is 58.0 Å². The van der Waals surface area contributed by atoms with Gasteiger partial charge in [-0.3, -0.25) is 4.98 Å². The number of carbonyl (C=O) groups is 1. The van der Waals surface area contributed by atoms with Crippen molar-refractivity contribution in [1.29, 1.82) is 0 Å². The SMILES string of the molecule is C[C@@H](C/C=C/c1ccccn1)NC(=O)OC(C)(C)C. The molecule has 0 unspecified atom stereocenters. The molecule has 1 atom stereocenters. The number of ether oxygens (including phenoxy) is 1. The zero-order chi connectivity index (χ0) is 14.3.